The second-order valence-electron chi connectivity index (χ2n) is 6.42. The lowest BCUT2D eigenvalue weighted by atomic mass is 9.63. The molecular weight excluding hydrogens is 334 g/mol. The smallest absolute Gasteiger partial charge is 0.139 e. The van der Waals surface area contributed by atoms with E-state index in [1.807, 2.05) is 48.3 Å². The monoisotopic (exact) mass is 355 g/mol. The molecule has 0 amide bonds. The Kier molecular flexibility index (Phi) is 4.73. The highest BCUT2D eigenvalue weighted by Crippen LogP contribution is 2.46. The number of phenols is 1. The molecule has 3 rings (SSSR count). The number of hydrogen-bond acceptors (Lipinski definition) is 3. The molecule has 0 heterocycles. The van der Waals surface area contributed by atoms with Gasteiger partial charge in [0, 0.05) is 23.3 Å². The molecule has 0 saturated heterocycles. The highest BCUT2D eigenvalue weighted by atomic mass is 35.5. The van der Waals surface area contributed by atoms with Crippen molar-refractivity contribution in [3.8, 4) is 5.75 Å². The van der Waals surface area contributed by atoms with Gasteiger partial charge >= 0.3 is 0 Å². The summed E-state index contributed by atoms with van der Waals surface area (Å²) in [6.45, 7) is 4.14. The zero-order chi connectivity index (χ0) is 18.0. The van der Waals surface area contributed by atoms with E-state index < -0.39 is 0 Å². The fourth-order valence-corrected chi connectivity index (χ4v) is 3.62. The fourth-order valence-electron chi connectivity index (χ4n) is 3.50. The SMILES string of the molecule is C=C(c1ccccc1O)N(C)/C(=N\N)C1(c2ccc(Cl)cc2)CCC1. The van der Waals surface area contributed by atoms with Crippen LogP contribution in [0.2, 0.25) is 5.02 Å². The van der Waals surface area contributed by atoms with Gasteiger partial charge in [0.2, 0.25) is 0 Å². The third-order valence-electron chi connectivity index (χ3n) is 5.09. The lowest BCUT2D eigenvalue weighted by Crippen LogP contribution is -2.49. The normalized spacial score (nSPS) is 16.2. The average molecular weight is 356 g/mol. The first-order chi connectivity index (χ1) is 12.0. The van der Waals surface area contributed by atoms with Crippen LogP contribution in [-0.4, -0.2) is 22.9 Å². The summed E-state index contributed by atoms with van der Waals surface area (Å²) in [5, 5.41) is 15.0. The molecule has 25 heavy (non-hydrogen) atoms. The van der Waals surface area contributed by atoms with E-state index in [4.69, 9.17) is 17.4 Å². The summed E-state index contributed by atoms with van der Waals surface area (Å²) in [5.74, 6) is 6.74. The largest absolute Gasteiger partial charge is 0.507 e. The summed E-state index contributed by atoms with van der Waals surface area (Å²) in [4.78, 5) is 1.88. The predicted molar refractivity (Wildman–Crippen MR) is 104 cm³/mol. The van der Waals surface area contributed by atoms with E-state index in [9.17, 15) is 5.11 Å². The summed E-state index contributed by atoms with van der Waals surface area (Å²) in [7, 11) is 1.89. The van der Waals surface area contributed by atoms with Crippen LogP contribution >= 0.6 is 11.6 Å². The molecule has 0 atom stereocenters. The van der Waals surface area contributed by atoms with Crippen molar-refractivity contribution in [3.05, 3.63) is 71.3 Å². The van der Waals surface area contributed by atoms with Crippen molar-refractivity contribution in [3.63, 3.8) is 0 Å². The van der Waals surface area contributed by atoms with Crippen molar-refractivity contribution < 1.29 is 5.11 Å². The quantitative estimate of drug-likeness (QED) is 0.371. The van der Waals surface area contributed by atoms with E-state index >= 15 is 0 Å². The minimum atomic E-state index is -0.249. The summed E-state index contributed by atoms with van der Waals surface area (Å²) in [5.41, 5.74) is 2.21. The Hall–Kier alpha value is -2.46. The third-order valence-corrected chi connectivity index (χ3v) is 5.34. The molecule has 0 aromatic heterocycles. The summed E-state index contributed by atoms with van der Waals surface area (Å²) < 4.78 is 0. The number of para-hydroxylation sites is 1. The van der Waals surface area contributed by atoms with Crippen LogP contribution in [0.5, 0.6) is 5.75 Å². The Morgan fingerprint density at radius 2 is 1.84 bits per heavy atom. The summed E-state index contributed by atoms with van der Waals surface area (Å²) >= 11 is 6.04. The first-order valence-corrected chi connectivity index (χ1v) is 8.63. The fraction of sp³-hybridized carbons (Fsp3) is 0.250. The Balaban J connectivity index is 1.97. The van der Waals surface area contributed by atoms with Gasteiger partial charge in [0.25, 0.3) is 0 Å². The van der Waals surface area contributed by atoms with Crippen molar-refractivity contribution in [1.82, 2.24) is 4.90 Å². The number of phenolic OH excluding ortho intramolecular Hbond substituents is 1. The van der Waals surface area contributed by atoms with Crippen molar-refractivity contribution in [2.75, 3.05) is 7.05 Å². The highest BCUT2D eigenvalue weighted by Gasteiger charge is 2.45. The molecule has 1 fully saturated rings. The van der Waals surface area contributed by atoms with Gasteiger partial charge in [-0.2, -0.15) is 5.10 Å². The molecule has 0 unspecified atom stereocenters. The maximum Gasteiger partial charge on any atom is 0.139 e. The number of benzene rings is 2. The number of aromatic hydroxyl groups is 1. The topological polar surface area (TPSA) is 61.8 Å². The number of hydrazone groups is 1. The summed E-state index contributed by atoms with van der Waals surface area (Å²) in [6, 6.07) is 15.0. The van der Waals surface area contributed by atoms with Crippen LogP contribution in [0.15, 0.2) is 60.2 Å². The highest BCUT2D eigenvalue weighted by molar-refractivity contribution is 6.30. The molecule has 1 saturated carbocycles. The standard InChI is InChI=1S/C20H22ClN3O/c1-14(17-6-3-4-7-18(17)25)24(2)19(23-22)20(12-5-13-20)15-8-10-16(21)11-9-15/h3-4,6-11,25H,1,5,12-13,22H2,2H3/b23-19-. The molecule has 5 heteroatoms. The van der Waals surface area contributed by atoms with Crippen molar-refractivity contribution in [2.24, 2.45) is 10.9 Å². The van der Waals surface area contributed by atoms with Gasteiger partial charge in [-0.05, 0) is 42.7 Å². The second kappa shape index (κ2) is 6.81. The van der Waals surface area contributed by atoms with E-state index in [0.717, 1.165) is 30.7 Å². The van der Waals surface area contributed by atoms with Gasteiger partial charge in [0.15, 0.2) is 0 Å². The minimum absolute atomic E-state index is 0.185. The van der Waals surface area contributed by atoms with Gasteiger partial charge in [0.05, 0.1) is 5.41 Å². The molecule has 0 radical (unpaired) electrons. The molecule has 1 aliphatic rings. The Bertz CT molecular complexity index is 810. The molecule has 2 aromatic carbocycles. The van der Waals surface area contributed by atoms with E-state index in [1.54, 1.807) is 12.1 Å². The van der Waals surface area contributed by atoms with Crippen LogP contribution in [0.4, 0.5) is 0 Å². The molecule has 0 aliphatic heterocycles. The van der Waals surface area contributed by atoms with Crippen LogP contribution < -0.4 is 5.84 Å². The van der Waals surface area contributed by atoms with Gasteiger partial charge in [-0.1, -0.05) is 48.9 Å². The number of nitrogens with zero attached hydrogens (tertiary/aromatic N) is 2. The van der Waals surface area contributed by atoms with Crippen LogP contribution in [-0.2, 0) is 5.41 Å². The number of amidine groups is 1. The number of likely N-dealkylation sites (N-methyl/N-ethyl adjacent to an activating group) is 1. The molecule has 2 aromatic rings. The van der Waals surface area contributed by atoms with Crippen LogP contribution in [0.3, 0.4) is 0 Å². The molecule has 0 spiro atoms. The zero-order valence-electron chi connectivity index (χ0n) is 14.2. The van der Waals surface area contributed by atoms with E-state index in [2.05, 4.69) is 11.7 Å². The van der Waals surface area contributed by atoms with Crippen LogP contribution in [0.25, 0.3) is 5.70 Å². The number of nitrogens with two attached hydrogens (primary N) is 1. The third kappa shape index (κ3) is 2.98. The van der Waals surface area contributed by atoms with Crippen molar-refractivity contribution in [1.29, 1.82) is 0 Å². The number of hydrogen-bond donors (Lipinski definition) is 2. The Labute approximate surface area is 153 Å². The van der Waals surface area contributed by atoms with Gasteiger partial charge in [-0.3, -0.25) is 0 Å². The van der Waals surface area contributed by atoms with E-state index in [1.165, 1.54) is 0 Å². The van der Waals surface area contributed by atoms with Gasteiger partial charge in [-0.15, -0.1) is 0 Å². The van der Waals surface area contributed by atoms with E-state index in [0.29, 0.717) is 16.3 Å². The van der Waals surface area contributed by atoms with Crippen molar-refractivity contribution in [2.45, 2.75) is 24.7 Å². The number of rotatable bonds is 4. The van der Waals surface area contributed by atoms with Gasteiger partial charge in [-0.25, -0.2) is 0 Å². The molecule has 4 nitrogen and oxygen atoms in total. The van der Waals surface area contributed by atoms with Gasteiger partial charge < -0.3 is 15.8 Å². The first kappa shape index (κ1) is 17.4. The molecule has 130 valence electrons. The maximum absolute atomic E-state index is 10.1. The molecule has 3 N–H and O–H groups in total. The first-order valence-electron chi connectivity index (χ1n) is 8.25. The van der Waals surface area contributed by atoms with Crippen LogP contribution in [0, 0.1) is 0 Å². The lowest BCUT2D eigenvalue weighted by Gasteiger charge is -2.46. The van der Waals surface area contributed by atoms with E-state index in [-0.39, 0.29) is 11.2 Å². The zero-order valence-corrected chi connectivity index (χ0v) is 15.0. The molecule has 0 bridgehead atoms. The van der Waals surface area contributed by atoms with Crippen LogP contribution in [0.1, 0.15) is 30.4 Å². The number of halogens is 1. The van der Waals surface area contributed by atoms with Gasteiger partial charge in [0.1, 0.15) is 11.6 Å². The average Bonchev–Trinajstić information content (AvgIpc) is 2.58. The van der Waals surface area contributed by atoms with Crippen molar-refractivity contribution >= 4 is 23.1 Å². The Morgan fingerprint density at radius 3 is 2.36 bits per heavy atom. The minimum Gasteiger partial charge on any atom is -0.507 e. The lowest BCUT2D eigenvalue weighted by molar-refractivity contribution is 0.318. The predicted octanol–water partition coefficient (Wildman–Crippen LogP) is 4.34. The maximum atomic E-state index is 10.1. The summed E-state index contributed by atoms with van der Waals surface area (Å²) in [6.07, 6.45) is 3.03. The molecule has 1 aliphatic carbocycles. The second-order valence-corrected chi connectivity index (χ2v) is 6.85. The Morgan fingerprint density at radius 1 is 1.20 bits per heavy atom. The molecular formula is C20H22ClN3O.